The van der Waals surface area contributed by atoms with Crippen molar-refractivity contribution in [3.05, 3.63) is 42.0 Å². The fraction of sp³-hybridized carbons (Fsp3) is 0.250. The van der Waals surface area contributed by atoms with Crippen LogP contribution in [0, 0.1) is 0 Å². The van der Waals surface area contributed by atoms with Crippen LogP contribution in [0.4, 0.5) is 0 Å². The molecular formula is C16H18N2O3. The summed E-state index contributed by atoms with van der Waals surface area (Å²) in [5, 5.41) is 14.4. The molecule has 0 unspecified atom stereocenters. The number of fused-ring (bicyclic) bond motifs is 1. The topological polar surface area (TPSA) is 92.4 Å². The van der Waals surface area contributed by atoms with Gasteiger partial charge in [-0.3, -0.25) is 9.59 Å². The summed E-state index contributed by atoms with van der Waals surface area (Å²) in [5.41, 5.74) is 5.29. The fourth-order valence-corrected chi connectivity index (χ4v) is 2.16. The maximum absolute atomic E-state index is 12.0. The molecule has 4 N–H and O–H groups in total. The van der Waals surface area contributed by atoms with Crippen LogP contribution in [0.15, 0.2) is 36.4 Å². The first-order chi connectivity index (χ1) is 10.1. The molecule has 0 spiro atoms. The maximum Gasteiger partial charge on any atom is 0.255 e. The van der Waals surface area contributed by atoms with Crippen molar-refractivity contribution < 1.29 is 14.7 Å². The predicted molar refractivity (Wildman–Crippen MR) is 81.0 cm³/mol. The van der Waals surface area contributed by atoms with Crippen LogP contribution in [0.2, 0.25) is 0 Å². The minimum absolute atomic E-state index is 0.0114. The number of nitrogens with two attached hydrogens (primary N) is 1. The fourth-order valence-electron chi connectivity index (χ4n) is 2.16. The van der Waals surface area contributed by atoms with E-state index in [1.54, 1.807) is 18.2 Å². The van der Waals surface area contributed by atoms with Crippen molar-refractivity contribution in [3.63, 3.8) is 0 Å². The minimum atomic E-state index is -0.339. The van der Waals surface area contributed by atoms with Crippen molar-refractivity contribution >= 4 is 22.6 Å². The number of nitrogens with one attached hydrogen (secondary N) is 1. The molecule has 0 aliphatic heterocycles. The molecule has 0 saturated carbocycles. The molecule has 2 aromatic rings. The molecule has 5 heteroatoms. The van der Waals surface area contributed by atoms with E-state index < -0.39 is 0 Å². The second-order valence-corrected chi connectivity index (χ2v) is 4.86. The number of phenolic OH excluding ortho intramolecular Hbond substituents is 1. The Morgan fingerprint density at radius 3 is 2.62 bits per heavy atom. The first-order valence-electron chi connectivity index (χ1n) is 6.87. The molecule has 2 aromatic carbocycles. The summed E-state index contributed by atoms with van der Waals surface area (Å²) in [5.74, 6) is -0.673. The quantitative estimate of drug-likeness (QED) is 0.708. The molecule has 2 rings (SSSR count). The average Bonchev–Trinajstić information content (AvgIpc) is 2.47. The maximum atomic E-state index is 12.0. The number of aromatic hydroxyl groups is 1. The Bertz CT molecular complexity index is 668. The van der Waals surface area contributed by atoms with E-state index in [4.69, 9.17) is 5.73 Å². The number of carbonyl (C=O) groups excluding carboxylic acids is 2. The Morgan fingerprint density at radius 2 is 1.86 bits per heavy atom. The standard InChI is InChI=1S/C16H18N2O3/c17-14(19)7-3-4-10-18-16(21)13-9-8-11-5-1-2-6-12(11)15(13)20/h1-2,5-6,8-9,20H,3-4,7,10H2,(H2,17,19)(H,18,21). The molecule has 110 valence electrons. The summed E-state index contributed by atoms with van der Waals surface area (Å²) < 4.78 is 0. The van der Waals surface area contributed by atoms with Gasteiger partial charge < -0.3 is 16.2 Å². The lowest BCUT2D eigenvalue weighted by Crippen LogP contribution is -2.24. The van der Waals surface area contributed by atoms with E-state index in [9.17, 15) is 14.7 Å². The van der Waals surface area contributed by atoms with Gasteiger partial charge in [0.1, 0.15) is 5.75 Å². The third kappa shape index (κ3) is 3.72. The lowest BCUT2D eigenvalue weighted by atomic mass is 10.0. The third-order valence-corrected chi connectivity index (χ3v) is 3.28. The summed E-state index contributed by atoms with van der Waals surface area (Å²) in [7, 11) is 0. The number of benzene rings is 2. The molecule has 21 heavy (non-hydrogen) atoms. The number of carbonyl (C=O) groups is 2. The molecule has 0 bridgehead atoms. The SMILES string of the molecule is NC(=O)CCCCNC(=O)c1ccc2ccccc2c1O. The average molecular weight is 286 g/mol. The number of unbranched alkanes of at least 4 members (excludes halogenated alkanes) is 1. The number of hydrogen-bond donors (Lipinski definition) is 3. The van der Waals surface area contributed by atoms with Gasteiger partial charge in [0.25, 0.3) is 5.91 Å². The normalized spacial score (nSPS) is 10.5. The second-order valence-electron chi connectivity index (χ2n) is 4.86. The highest BCUT2D eigenvalue weighted by Crippen LogP contribution is 2.28. The number of primary amides is 1. The zero-order chi connectivity index (χ0) is 15.2. The van der Waals surface area contributed by atoms with E-state index >= 15 is 0 Å². The van der Waals surface area contributed by atoms with Gasteiger partial charge in [-0.15, -0.1) is 0 Å². The van der Waals surface area contributed by atoms with E-state index in [-0.39, 0.29) is 23.1 Å². The van der Waals surface area contributed by atoms with Crippen LogP contribution in [-0.4, -0.2) is 23.5 Å². The number of amides is 2. The van der Waals surface area contributed by atoms with Crippen molar-refractivity contribution in [1.82, 2.24) is 5.32 Å². The van der Waals surface area contributed by atoms with Crippen molar-refractivity contribution in [2.75, 3.05) is 6.54 Å². The Kier molecular flexibility index (Phi) is 4.77. The lowest BCUT2D eigenvalue weighted by Gasteiger charge is -2.09. The first-order valence-corrected chi connectivity index (χ1v) is 6.87. The summed E-state index contributed by atoms with van der Waals surface area (Å²) in [4.78, 5) is 22.6. The van der Waals surface area contributed by atoms with Crippen molar-refractivity contribution in [2.24, 2.45) is 5.73 Å². The van der Waals surface area contributed by atoms with Crippen molar-refractivity contribution in [1.29, 1.82) is 0 Å². The van der Waals surface area contributed by atoms with Crippen molar-refractivity contribution in [3.8, 4) is 5.75 Å². The Labute approximate surface area is 122 Å². The highest BCUT2D eigenvalue weighted by molar-refractivity contribution is 6.03. The van der Waals surface area contributed by atoms with Gasteiger partial charge in [-0.05, 0) is 24.3 Å². The molecular weight excluding hydrogens is 268 g/mol. The molecule has 0 aliphatic rings. The molecule has 2 amide bonds. The molecule has 0 radical (unpaired) electrons. The van der Waals surface area contributed by atoms with E-state index in [1.165, 1.54) is 0 Å². The molecule has 0 fully saturated rings. The molecule has 0 aliphatic carbocycles. The van der Waals surface area contributed by atoms with Gasteiger partial charge >= 0.3 is 0 Å². The van der Waals surface area contributed by atoms with Crippen LogP contribution < -0.4 is 11.1 Å². The number of hydrogen-bond acceptors (Lipinski definition) is 3. The van der Waals surface area contributed by atoms with Crippen LogP contribution in [0.1, 0.15) is 29.6 Å². The number of rotatable bonds is 6. The van der Waals surface area contributed by atoms with E-state index in [2.05, 4.69) is 5.32 Å². The number of phenols is 1. The lowest BCUT2D eigenvalue weighted by molar-refractivity contribution is -0.118. The third-order valence-electron chi connectivity index (χ3n) is 3.28. The monoisotopic (exact) mass is 286 g/mol. The first kappa shape index (κ1) is 14.8. The van der Waals surface area contributed by atoms with Crippen LogP contribution >= 0.6 is 0 Å². The molecule has 0 atom stereocenters. The van der Waals surface area contributed by atoms with E-state index in [0.717, 1.165) is 5.39 Å². The second kappa shape index (κ2) is 6.74. The highest BCUT2D eigenvalue weighted by Gasteiger charge is 2.12. The molecule has 0 heterocycles. The highest BCUT2D eigenvalue weighted by atomic mass is 16.3. The van der Waals surface area contributed by atoms with Gasteiger partial charge in [-0.1, -0.05) is 30.3 Å². The predicted octanol–water partition coefficient (Wildman–Crippen LogP) is 1.93. The zero-order valence-corrected chi connectivity index (χ0v) is 11.6. The molecule has 0 aromatic heterocycles. The van der Waals surface area contributed by atoms with E-state index in [1.807, 2.05) is 18.2 Å². The van der Waals surface area contributed by atoms with Crippen molar-refractivity contribution in [2.45, 2.75) is 19.3 Å². The van der Waals surface area contributed by atoms with Gasteiger partial charge in [0, 0.05) is 18.4 Å². The Balaban J connectivity index is 1.99. The Hall–Kier alpha value is -2.56. The zero-order valence-electron chi connectivity index (χ0n) is 11.6. The summed E-state index contributed by atoms with van der Waals surface area (Å²) in [6.07, 6.45) is 1.62. The van der Waals surface area contributed by atoms with Crippen LogP contribution in [0.25, 0.3) is 10.8 Å². The minimum Gasteiger partial charge on any atom is -0.506 e. The van der Waals surface area contributed by atoms with Gasteiger partial charge in [0.05, 0.1) is 5.56 Å². The smallest absolute Gasteiger partial charge is 0.255 e. The van der Waals surface area contributed by atoms with Crippen LogP contribution in [0.3, 0.4) is 0 Å². The van der Waals surface area contributed by atoms with Gasteiger partial charge in [-0.2, -0.15) is 0 Å². The van der Waals surface area contributed by atoms with Gasteiger partial charge in [0.15, 0.2) is 0 Å². The summed E-state index contributed by atoms with van der Waals surface area (Å²) >= 11 is 0. The summed E-state index contributed by atoms with van der Waals surface area (Å²) in [6, 6.07) is 10.7. The van der Waals surface area contributed by atoms with E-state index in [0.29, 0.717) is 31.2 Å². The van der Waals surface area contributed by atoms with Crippen LogP contribution in [0.5, 0.6) is 5.75 Å². The molecule has 0 saturated heterocycles. The molecule has 5 nitrogen and oxygen atoms in total. The van der Waals surface area contributed by atoms with Gasteiger partial charge in [-0.25, -0.2) is 0 Å². The summed E-state index contributed by atoms with van der Waals surface area (Å²) in [6.45, 7) is 0.443. The Morgan fingerprint density at radius 1 is 1.10 bits per heavy atom. The largest absolute Gasteiger partial charge is 0.506 e. The van der Waals surface area contributed by atoms with Crippen LogP contribution in [-0.2, 0) is 4.79 Å². The van der Waals surface area contributed by atoms with Gasteiger partial charge in [0.2, 0.25) is 5.91 Å².